The summed E-state index contributed by atoms with van der Waals surface area (Å²) in [7, 11) is 0. The minimum absolute atomic E-state index is 0.234. The summed E-state index contributed by atoms with van der Waals surface area (Å²) in [5, 5.41) is 0. The van der Waals surface area contributed by atoms with E-state index >= 15 is 0 Å². The first-order valence-corrected chi connectivity index (χ1v) is 3.95. The average Bonchev–Trinajstić information content (AvgIpc) is 2.77. The van der Waals surface area contributed by atoms with Gasteiger partial charge in [-0.2, -0.15) is 0 Å². The maximum Gasteiger partial charge on any atom is 0.130 e. The van der Waals surface area contributed by atoms with Crippen LogP contribution in [0.1, 0.15) is 18.3 Å². The monoisotopic (exact) mass is 165 g/mol. The molecule has 0 saturated carbocycles. The van der Waals surface area contributed by atoms with Crippen molar-refractivity contribution in [2.45, 2.75) is 12.5 Å². The van der Waals surface area contributed by atoms with Crippen molar-refractivity contribution in [1.82, 2.24) is 9.97 Å². The van der Waals surface area contributed by atoms with Gasteiger partial charge < -0.3 is 15.5 Å². The molecule has 3 N–H and O–H groups in total. The largest absolute Gasteiger partial charge is 0.496 e. The second-order valence-corrected chi connectivity index (χ2v) is 2.70. The summed E-state index contributed by atoms with van der Waals surface area (Å²) in [5.74, 6) is 1.58. The van der Waals surface area contributed by atoms with E-state index in [1.807, 2.05) is 6.08 Å². The number of aromatic amines is 1. The first-order chi connectivity index (χ1) is 5.88. The van der Waals surface area contributed by atoms with Crippen LogP contribution in [-0.4, -0.2) is 16.6 Å². The molecule has 4 nitrogen and oxygen atoms in total. The molecule has 0 spiro atoms. The molecule has 0 amide bonds. The second-order valence-electron chi connectivity index (χ2n) is 2.70. The molecule has 1 aliphatic rings. The third-order valence-corrected chi connectivity index (χ3v) is 1.85. The first kappa shape index (κ1) is 7.36. The highest BCUT2D eigenvalue weighted by atomic mass is 16.5. The number of H-pyrrole nitrogens is 1. The number of hydrogen-bond acceptors (Lipinski definition) is 3. The summed E-state index contributed by atoms with van der Waals surface area (Å²) >= 11 is 0. The molecule has 64 valence electrons. The Morgan fingerprint density at radius 1 is 1.67 bits per heavy atom. The first-order valence-electron chi connectivity index (χ1n) is 3.95. The fourth-order valence-electron chi connectivity index (χ4n) is 1.24. The van der Waals surface area contributed by atoms with Crippen LogP contribution in [0.5, 0.6) is 0 Å². The lowest BCUT2D eigenvalue weighted by Gasteiger charge is -2.09. The molecule has 2 rings (SSSR count). The van der Waals surface area contributed by atoms with E-state index in [0.29, 0.717) is 0 Å². The van der Waals surface area contributed by atoms with Crippen LogP contribution >= 0.6 is 0 Å². The summed E-state index contributed by atoms with van der Waals surface area (Å²) in [6.07, 6.45) is 6.40. The predicted octanol–water partition coefficient (Wildman–Crippen LogP) is 0.714. The smallest absolute Gasteiger partial charge is 0.130 e. The normalized spacial score (nSPS) is 18.6. The van der Waals surface area contributed by atoms with Crippen LogP contribution in [0.3, 0.4) is 0 Å². The average molecular weight is 165 g/mol. The van der Waals surface area contributed by atoms with Gasteiger partial charge in [-0.25, -0.2) is 4.98 Å². The zero-order valence-corrected chi connectivity index (χ0v) is 6.66. The van der Waals surface area contributed by atoms with Gasteiger partial charge in [-0.1, -0.05) is 0 Å². The van der Waals surface area contributed by atoms with E-state index in [4.69, 9.17) is 10.5 Å². The van der Waals surface area contributed by atoms with Crippen LogP contribution < -0.4 is 5.73 Å². The van der Waals surface area contributed by atoms with E-state index in [1.165, 1.54) is 0 Å². The Labute approximate surface area is 70.4 Å². The van der Waals surface area contributed by atoms with Crippen LogP contribution in [-0.2, 0) is 4.74 Å². The van der Waals surface area contributed by atoms with Gasteiger partial charge in [-0.15, -0.1) is 0 Å². The molecule has 0 aliphatic carbocycles. The van der Waals surface area contributed by atoms with Gasteiger partial charge in [0, 0.05) is 18.8 Å². The van der Waals surface area contributed by atoms with E-state index in [9.17, 15) is 0 Å². The van der Waals surface area contributed by atoms with E-state index in [1.54, 1.807) is 12.4 Å². The van der Waals surface area contributed by atoms with Crippen molar-refractivity contribution in [2.24, 2.45) is 5.73 Å². The van der Waals surface area contributed by atoms with Crippen LogP contribution in [0.15, 0.2) is 24.2 Å². The van der Waals surface area contributed by atoms with E-state index in [-0.39, 0.29) is 6.04 Å². The molecular formula is C8H11N3O. The van der Waals surface area contributed by atoms with Gasteiger partial charge in [0.25, 0.3) is 0 Å². The summed E-state index contributed by atoms with van der Waals surface area (Å²) in [6.45, 7) is 0.740. The summed E-state index contributed by atoms with van der Waals surface area (Å²) in [4.78, 5) is 7.02. The molecule has 1 aliphatic heterocycles. The number of hydrogen-bond donors (Lipinski definition) is 2. The van der Waals surface area contributed by atoms with Crippen molar-refractivity contribution in [3.05, 3.63) is 30.1 Å². The summed E-state index contributed by atoms with van der Waals surface area (Å²) < 4.78 is 5.31. The standard InChI is InChI=1S/C8H11N3O/c9-7(6-2-1-5-12-6)8-10-3-4-11-8/h2-4,7H,1,5,9H2,(H,10,11). The van der Waals surface area contributed by atoms with Gasteiger partial charge in [0.15, 0.2) is 0 Å². The maximum atomic E-state index is 5.86. The number of imidazole rings is 1. The Hall–Kier alpha value is -1.29. The molecule has 0 aromatic carbocycles. The number of nitrogens with one attached hydrogen (secondary N) is 1. The van der Waals surface area contributed by atoms with E-state index in [2.05, 4.69) is 9.97 Å². The lowest BCUT2D eigenvalue weighted by Crippen LogP contribution is -2.15. The molecule has 0 fully saturated rings. The van der Waals surface area contributed by atoms with Gasteiger partial charge in [0.1, 0.15) is 17.6 Å². The Morgan fingerprint density at radius 2 is 2.58 bits per heavy atom. The van der Waals surface area contributed by atoms with Crippen molar-refractivity contribution >= 4 is 0 Å². The minimum Gasteiger partial charge on any atom is -0.496 e. The topological polar surface area (TPSA) is 63.9 Å². The molecule has 0 bridgehead atoms. The van der Waals surface area contributed by atoms with Crippen molar-refractivity contribution in [1.29, 1.82) is 0 Å². The Balaban J connectivity index is 2.14. The maximum absolute atomic E-state index is 5.86. The SMILES string of the molecule is NC(C1=CCCO1)c1ncc[nH]1. The fraction of sp³-hybridized carbons (Fsp3) is 0.375. The van der Waals surface area contributed by atoms with Crippen LogP contribution in [0.25, 0.3) is 0 Å². The summed E-state index contributed by atoms with van der Waals surface area (Å²) in [6, 6.07) is -0.234. The number of aromatic nitrogens is 2. The van der Waals surface area contributed by atoms with Crippen LogP contribution in [0.2, 0.25) is 0 Å². The van der Waals surface area contributed by atoms with E-state index < -0.39 is 0 Å². The van der Waals surface area contributed by atoms with Gasteiger partial charge >= 0.3 is 0 Å². The third-order valence-electron chi connectivity index (χ3n) is 1.85. The number of ether oxygens (including phenoxy) is 1. The highest BCUT2D eigenvalue weighted by Gasteiger charge is 2.17. The van der Waals surface area contributed by atoms with E-state index in [0.717, 1.165) is 24.6 Å². The Kier molecular flexibility index (Phi) is 1.83. The molecule has 0 saturated heterocycles. The number of nitrogens with zero attached hydrogens (tertiary/aromatic N) is 1. The second kappa shape index (κ2) is 2.98. The zero-order chi connectivity index (χ0) is 8.39. The predicted molar refractivity (Wildman–Crippen MR) is 44.2 cm³/mol. The molecule has 2 heterocycles. The zero-order valence-electron chi connectivity index (χ0n) is 6.66. The lowest BCUT2D eigenvalue weighted by molar-refractivity contribution is 0.223. The van der Waals surface area contributed by atoms with Gasteiger partial charge in [0.05, 0.1) is 6.61 Å². The van der Waals surface area contributed by atoms with Crippen molar-refractivity contribution in [2.75, 3.05) is 6.61 Å². The molecule has 1 aromatic rings. The number of rotatable bonds is 2. The van der Waals surface area contributed by atoms with Crippen molar-refractivity contribution in [3.8, 4) is 0 Å². The highest BCUT2D eigenvalue weighted by molar-refractivity contribution is 5.13. The Morgan fingerprint density at radius 3 is 3.17 bits per heavy atom. The third kappa shape index (κ3) is 1.21. The highest BCUT2D eigenvalue weighted by Crippen LogP contribution is 2.21. The van der Waals surface area contributed by atoms with Crippen LogP contribution in [0.4, 0.5) is 0 Å². The van der Waals surface area contributed by atoms with Gasteiger partial charge in [0.2, 0.25) is 0 Å². The fourth-order valence-corrected chi connectivity index (χ4v) is 1.24. The molecule has 1 atom stereocenters. The minimum atomic E-state index is -0.234. The lowest BCUT2D eigenvalue weighted by atomic mass is 10.2. The molecule has 4 heteroatoms. The van der Waals surface area contributed by atoms with Crippen molar-refractivity contribution in [3.63, 3.8) is 0 Å². The van der Waals surface area contributed by atoms with Crippen LogP contribution in [0, 0.1) is 0 Å². The van der Waals surface area contributed by atoms with Crippen molar-refractivity contribution < 1.29 is 4.74 Å². The van der Waals surface area contributed by atoms with Gasteiger partial charge in [-0.05, 0) is 6.08 Å². The molecule has 0 radical (unpaired) electrons. The molecule has 1 unspecified atom stereocenters. The molecule has 1 aromatic heterocycles. The molecular weight excluding hydrogens is 154 g/mol. The Bertz CT molecular complexity index is 279. The number of nitrogens with two attached hydrogens (primary N) is 1. The molecule has 12 heavy (non-hydrogen) atoms. The summed E-state index contributed by atoms with van der Waals surface area (Å²) in [5.41, 5.74) is 5.86. The van der Waals surface area contributed by atoms with Gasteiger partial charge in [-0.3, -0.25) is 0 Å². The quantitative estimate of drug-likeness (QED) is 0.678.